The molecule has 0 spiro atoms. The van der Waals surface area contributed by atoms with Gasteiger partial charge in [-0.2, -0.15) is 5.11 Å². The van der Waals surface area contributed by atoms with Crippen LogP contribution in [-0.4, -0.2) is 11.7 Å². The van der Waals surface area contributed by atoms with Gasteiger partial charge in [0, 0.05) is 5.22 Å². The van der Waals surface area contributed by atoms with Crippen LogP contribution in [0.1, 0.15) is 0 Å². The van der Waals surface area contributed by atoms with E-state index >= 15 is 0 Å². The molecule has 3 rings (SSSR count). The zero-order chi connectivity index (χ0) is 10.4. The first kappa shape index (κ1) is 8.16. The van der Waals surface area contributed by atoms with Crippen molar-refractivity contribution in [3.63, 3.8) is 0 Å². The van der Waals surface area contributed by atoms with E-state index in [4.69, 9.17) is 5.41 Å². The van der Waals surface area contributed by atoms with Crippen molar-refractivity contribution in [3.05, 3.63) is 34.8 Å². The number of hydrogen-bond acceptors (Lipinski definition) is 3. The molecule has 2 aliphatic rings. The molecule has 2 aliphatic heterocycles. The summed E-state index contributed by atoms with van der Waals surface area (Å²) in [4.78, 5) is 15.5. The first-order chi connectivity index (χ1) is 7.27. The SMILES string of the molecule is N=C1N=NC2=c3ccccc3=NC(=O)C12. The number of rotatable bonds is 0. The van der Waals surface area contributed by atoms with Crippen LogP contribution in [0.15, 0.2) is 39.5 Å². The monoisotopic (exact) mass is 198 g/mol. The molecule has 1 aromatic carbocycles. The van der Waals surface area contributed by atoms with Gasteiger partial charge in [-0.3, -0.25) is 10.2 Å². The summed E-state index contributed by atoms with van der Waals surface area (Å²) in [7, 11) is 0. The van der Waals surface area contributed by atoms with E-state index in [1.807, 2.05) is 18.2 Å². The molecule has 1 unspecified atom stereocenters. The zero-order valence-corrected chi connectivity index (χ0v) is 7.64. The Morgan fingerprint density at radius 2 is 2.00 bits per heavy atom. The van der Waals surface area contributed by atoms with E-state index in [2.05, 4.69) is 15.2 Å². The maximum absolute atomic E-state index is 11.6. The number of nitrogens with zero attached hydrogens (tertiary/aromatic N) is 3. The summed E-state index contributed by atoms with van der Waals surface area (Å²) >= 11 is 0. The number of hydrogen-bond donors (Lipinski definition) is 1. The van der Waals surface area contributed by atoms with Gasteiger partial charge in [0.1, 0.15) is 5.92 Å². The lowest BCUT2D eigenvalue weighted by Gasteiger charge is -2.08. The molecular weight excluding hydrogens is 192 g/mol. The third-order valence-electron chi connectivity index (χ3n) is 2.47. The number of fused-ring (bicyclic) bond motifs is 2. The largest absolute Gasteiger partial charge is 0.284 e. The van der Waals surface area contributed by atoms with E-state index < -0.39 is 5.92 Å². The van der Waals surface area contributed by atoms with Gasteiger partial charge in [0.15, 0.2) is 5.84 Å². The van der Waals surface area contributed by atoms with Gasteiger partial charge < -0.3 is 0 Å². The van der Waals surface area contributed by atoms with Gasteiger partial charge in [0.05, 0.1) is 11.1 Å². The van der Waals surface area contributed by atoms with Crippen molar-refractivity contribution in [1.29, 1.82) is 5.41 Å². The molecule has 0 aliphatic carbocycles. The molecule has 1 aromatic rings. The fraction of sp³-hybridized carbons (Fsp3) is 0.100. The second kappa shape index (κ2) is 2.66. The molecule has 1 N–H and O–H groups in total. The van der Waals surface area contributed by atoms with Crippen LogP contribution in [-0.2, 0) is 4.79 Å². The predicted octanol–water partition coefficient (Wildman–Crippen LogP) is 0.0139. The number of carbonyl (C=O) groups excluding carboxylic acids is 1. The molecule has 2 heterocycles. The van der Waals surface area contributed by atoms with E-state index in [1.165, 1.54) is 0 Å². The van der Waals surface area contributed by atoms with Crippen LogP contribution in [0, 0.1) is 11.3 Å². The standard InChI is InChI=1S/C10H6N4O/c11-9-7-8(13-14-9)5-3-1-2-4-6(5)12-10(7)15/h1-4,7,11H. The van der Waals surface area contributed by atoms with Crippen molar-refractivity contribution in [3.8, 4) is 0 Å². The summed E-state index contributed by atoms with van der Waals surface area (Å²) in [5, 5.41) is 16.4. The van der Waals surface area contributed by atoms with E-state index in [0.29, 0.717) is 11.1 Å². The highest BCUT2D eigenvalue weighted by Gasteiger charge is 2.35. The topological polar surface area (TPSA) is 78.0 Å². The van der Waals surface area contributed by atoms with Crippen LogP contribution in [0.2, 0.25) is 0 Å². The Labute approximate surface area is 84.4 Å². The predicted molar refractivity (Wildman–Crippen MR) is 51.7 cm³/mol. The summed E-state index contributed by atoms with van der Waals surface area (Å²) in [6.45, 7) is 0. The summed E-state index contributed by atoms with van der Waals surface area (Å²) < 4.78 is 0. The van der Waals surface area contributed by atoms with Gasteiger partial charge in [0.25, 0.3) is 5.91 Å². The first-order valence-electron chi connectivity index (χ1n) is 4.49. The molecular formula is C10H6N4O. The number of nitrogens with one attached hydrogen (secondary N) is 1. The molecule has 0 bridgehead atoms. The Hall–Kier alpha value is -2.17. The van der Waals surface area contributed by atoms with Crippen LogP contribution in [0.5, 0.6) is 0 Å². The minimum Gasteiger partial charge on any atom is -0.284 e. The zero-order valence-electron chi connectivity index (χ0n) is 7.64. The quantitative estimate of drug-likeness (QED) is 0.626. The molecule has 0 aromatic heterocycles. The number of amides is 1. The Balaban J connectivity index is 2.48. The van der Waals surface area contributed by atoms with Crippen molar-refractivity contribution in [2.24, 2.45) is 21.1 Å². The minimum atomic E-state index is -0.681. The second-order valence-electron chi connectivity index (χ2n) is 3.37. The van der Waals surface area contributed by atoms with Gasteiger partial charge in [-0.1, -0.05) is 18.2 Å². The molecule has 72 valence electrons. The molecule has 1 atom stereocenters. The molecule has 5 heteroatoms. The number of azo groups is 1. The van der Waals surface area contributed by atoms with Crippen LogP contribution < -0.4 is 10.6 Å². The Kier molecular flexibility index (Phi) is 1.45. The molecule has 0 fully saturated rings. The van der Waals surface area contributed by atoms with E-state index in [1.54, 1.807) is 6.07 Å². The van der Waals surface area contributed by atoms with Crippen molar-refractivity contribution < 1.29 is 4.79 Å². The molecule has 0 radical (unpaired) electrons. The van der Waals surface area contributed by atoms with Crippen molar-refractivity contribution in [2.75, 3.05) is 0 Å². The average Bonchev–Trinajstić information content (AvgIpc) is 2.62. The van der Waals surface area contributed by atoms with Crippen LogP contribution >= 0.6 is 0 Å². The third-order valence-corrected chi connectivity index (χ3v) is 2.47. The minimum absolute atomic E-state index is 0.0201. The van der Waals surface area contributed by atoms with Gasteiger partial charge in [0.2, 0.25) is 0 Å². The fourth-order valence-corrected chi connectivity index (χ4v) is 1.77. The molecule has 5 nitrogen and oxygen atoms in total. The van der Waals surface area contributed by atoms with Crippen LogP contribution in [0.3, 0.4) is 0 Å². The van der Waals surface area contributed by atoms with Crippen molar-refractivity contribution >= 4 is 17.4 Å². The van der Waals surface area contributed by atoms with Crippen molar-refractivity contribution in [1.82, 2.24) is 0 Å². The lowest BCUT2D eigenvalue weighted by molar-refractivity contribution is -0.118. The van der Waals surface area contributed by atoms with Gasteiger partial charge in [-0.05, 0) is 6.07 Å². The normalized spacial score (nSPS) is 22.4. The smallest absolute Gasteiger partial charge is 0.263 e. The van der Waals surface area contributed by atoms with Crippen molar-refractivity contribution in [2.45, 2.75) is 0 Å². The van der Waals surface area contributed by atoms with Gasteiger partial charge >= 0.3 is 0 Å². The number of para-hydroxylation sites is 1. The average molecular weight is 198 g/mol. The highest BCUT2D eigenvalue weighted by atomic mass is 16.1. The highest BCUT2D eigenvalue weighted by molar-refractivity contribution is 6.12. The molecule has 1 amide bonds. The molecule has 0 saturated heterocycles. The maximum Gasteiger partial charge on any atom is 0.263 e. The maximum atomic E-state index is 11.6. The third kappa shape index (κ3) is 0.999. The summed E-state index contributed by atoms with van der Waals surface area (Å²) in [6.07, 6.45) is 0. The highest BCUT2D eigenvalue weighted by Crippen LogP contribution is 2.24. The lowest BCUT2D eigenvalue weighted by atomic mass is 10.0. The lowest BCUT2D eigenvalue weighted by Crippen LogP contribution is -2.37. The number of amidine groups is 1. The number of carbonyl (C=O) groups is 1. The number of benzene rings is 1. The van der Waals surface area contributed by atoms with E-state index in [9.17, 15) is 4.79 Å². The summed E-state index contributed by atoms with van der Waals surface area (Å²) in [5.74, 6) is -1.05. The van der Waals surface area contributed by atoms with Crippen LogP contribution in [0.25, 0.3) is 5.70 Å². The second-order valence-corrected chi connectivity index (χ2v) is 3.37. The van der Waals surface area contributed by atoms with Crippen LogP contribution in [0.4, 0.5) is 0 Å². The van der Waals surface area contributed by atoms with E-state index in [-0.39, 0.29) is 11.7 Å². The molecule has 0 saturated carbocycles. The Morgan fingerprint density at radius 3 is 2.87 bits per heavy atom. The fourth-order valence-electron chi connectivity index (χ4n) is 1.77. The Bertz CT molecular complexity index is 629. The van der Waals surface area contributed by atoms with Gasteiger partial charge in [-0.25, -0.2) is 4.99 Å². The first-order valence-corrected chi connectivity index (χ1v) is 4.49. The van der Waals surface area contributed by atoms with E-state index in [0.717, 1.165) is 5.22 Å². The Morgan fingerprint density at radius 1 is 1.20 bits per heavy atom. The summed E-state index contributed by atoms with van der Waals surface area (Å²) in [6, 6.07) is 7.26. The molecule has 15 heavy (non-hydrogen) atoms. The summed E-state index contributed by atoms with van der Waals surface area (Å²) in [5.41, 5.74) is 0.551. The van der Waals surface area contributed by atoms with Gasteiger partial charge in [-0.15, -0.1) is 5.11 Å².